The van der Waals surface area contributed by atoms with Crippen molar-refractivity contribution < 1.29 is 19.1 Å². The van der Waals surface area contributed by atoms with E-state index < -0.39 is 5.97 Å². The summed E-state index contributed by atoms with van der Waals surface area (Å²) in [6.07, 6.45) is 1.78. The zero-order chi connectivity index (χ0) is 18.4. The number of hydrogen-bond acceptors (Lipinski definition) is 6. The predicted molar refractivity (Wildman–Crippen MR) is 93.9 cm³/mol. The van der Waals surface area contributed by atoms with E-state index >= 15 is 0 Å². The Morgan fingerprint density at radius 3 is 2.64 bits per heavy atom. The molecule has 1 aromatic heterocycles. The smallest absolute Gasteiger partial charge is 0.356 e. The van der Waals surface area contributed by atoms with Crippen molar-refractivity contribution in [2.75, 3.05) is 19.5 Å². The lowest BCUT2D eigenvalue weighted by Gasteiger charge is -2.06. The van der Waals surface area contributed by atoms with E-state index in [0.29, 0.717) is 18.0 Å². The SMILES string of the molecule is CCCCn1nc(C(=O)c2cc(OC)ccc2N)cc1C(=O)OCC. The average molecular weight is 345 g/mol. The molecule has 1 aromatic carbocycles. The van der Waals surface area contributed by atoms with Crippen LogP contribution < -0.4 is 10.5 Å². The summed E-state index contributed by atoms with van der Waals surface area (Å²) in [5.74, 6) is -0.338. The minimum Gasteiger partial charge on any atom is -0.497 e. The molecule has 7 nitrogen and oxygen atoms in total. The molecular formula is C18H23N3O4. The van der Waals surface area contributed by atoms with E-state index in [1.165, 1.54) is 17.9 Å². The third-order valence-corrected chi connectivity index (χ3v) is 3.73. The molecule has 2 N–H and O–H groups in total. The summed E-state index contributed by atoms with van der Waals surface area (Å²) in [5.41, 5.74) is 6.94. The number of unbranched alkanes of at least 4 members (excludes halogenated alkanes) is 1. The fraction of sp³-hybridized carbons (Fsp3) is 0.389. The molecule has 0 aliphatic rings. The second-order valence-corrected chi connectivity index (χ2v) is 5.49. The van der Waals surface area contributed by atoms with Gasteiger partial charge in [0, 0.05) is 18.3 Å². The normalized spacial score (nSPS) is 10.5. The van der Waals surface area contributed by atoms with Crippen LogP contribution in [0.1, 0.15) is 53.2 Å². The number of hydrogen-bond donors (Lipinski definition) is 1. The molecule has 0 unspecified atom stereocenters. The Balaban J connectivity index is 2.41. The first-order valence-corrected chi connectivity index (χ1v) is 8.25. The van der Waals surface area contributed by atoms with E-state index in [-0.39, 0.29) is 29.3 Å². The van der Waals surface area contributed by atoms with Crippen LogP contribution in [-0.4, -0.2) is 35.2 Å². The molecule has 0 fully saturated rings. The third-order valence-electron chi connectivity index (χ3n) is 3.73. The zero-order valence-electron chi connectivity index (χ0n) is 14.7. The van der Waals surface area contributed by atoms with Crippen LogP contribution >= 0.6 is 0 Å². The molecule has 0 saturated heterocycles. The lowest BCUT2D eigenvalue weighted by molar-refractivity contribution is 0.0511. The Labute approximate surface area is 146 Å². The first-order valence-electron chi connectivity index (χ1n) is 8.25. The summed E-state index contributed by atoms with van der Waals surface area (Å²) in [5, 5.41) is 4.29. The van der Waals surface area contributed by atoms with E-state index in [2.05, 4.69) is 5.10 Å². The highest BCUT2D eigenvalue weighted by Gasteiger charge is 2.22. The molecule has 1 heterocycles. The maximum Gasteiger partial charge on any atom is 0.356 e. The predicted octanol–water partition coefficient (Wildman–Crippen LogP) is 2.68. The molecule has 0 amide bonds. The average Bonchev–Trinajstić information content (AvgIpc) is 3.04. The van der Waals surface area contributed by atoms with Gasteiger partial charge in [-0.05, 0) is 31.5 Å². The molecule has 0 bridgehead atoms. The molecular weight excluding hydrogens is 322 g/mol. The highest BCUT2D eigenvalue weighted by molar-refractivity contribution is 6.11. The van der Waals surface area contributed by atoms with Gasteiger partial charge in [0.05, 0.1) is 19.3 Å². The minimum atomic E-state index is -0.497. The number of esters is 1. The number of carbonyl (C=O) groups excluding carboxylic acids is 2. The number of aromatic nitrogens is 2. The highest BCUT2D eigenvalue weighted by Crippen LogP contribution is 2.22. The largest absolute Gasteiger partial charge is 0.497 e. The molecule has 0 atom stereocenters. The van der Waals surface area contributed by atoms with Gasteiger partial charge in [-0.1, -0.05) is 13.3 Å². The van der Waals surface area contributed by atoms with Gasteiger partial charge in [-0.25, -0.2) is 4.79 Å². The number of nitrogens with zero attached hydrogens (tertiary/aromatic N) is 2. The number of rotatable bonds is 8. The Kier molecular flexibility index (Phi) is 6.16. The van der Waals surface area contributed by atoms with E-state index in [4.69, 9.17) is 15.2 Å². The standard InChI is InChI=1S/C18H23N3O4/c1-4-6-9-21-16(18(23)25-5-2)11-15(20-21)17(22)13-10-12(24-3)7-8-14(13)19/h7-8,10-11H,4-6,9,19H2,1-3H3. The fourth-order valence-corrected chi connectivity index (χ4v) is 2.37. The van der Waals surface area contributed by atoms with E-state index in [1.54, 1.807) is 25.1 Å². The first-order chi connectivity index (χ1) is 12.0. The van der Waals surface area contributed by atoms with Crippen molar-refractivity contribution in [1.29, 1.82) is 0 Å². The summed E-state index contributed by atoms with van der Waals surface area (Å²) < 4.78 is 11.7. The number of benzene rings is 1. The van der Waals surface area contributed by atoms with Gasteiger partial charge >= 0.3 is 5.97 Å². The quantitative estimate of drug-likeness (QED) is 0.449. The van der Waals surface area contributed by atoms with Crippen molar-refractivity contribution in [3.05, 3.63) is 41.2 Å². The van der Waals surface area contributed by atoms with Crippen LogP contribution in [0.25, 0.3) is 0 Å². The van der Waals surface area contributed by atoms with E-state index in [1.807, 2.05) is 6.92 Å². The number of anilines is 1. The van der Waals surface area contributed by atoms with Crippen LogP contribution in [0.2, 0.25) is 0 Å². The summed E-state index contributed by atoms with van der Waals surface area (Å²) in [7, 11) is 1.51. The monoisotopic (exact) mass is 345 g/mol. The lowest BCUT2D eigenvalue weighted by Crippen LogP contribution is -2.13. The van der Waals surface area contributed by atoms with Gasteiger partial charge in [0.25, 0.3) is 0 Å². The minimum absolute atomic E-state index is 0.152. The zero-order valence-corrected chi connectivity index (χ0v) is 14.7. The van der Waals surface area contributed by atoms with Crippen LogP contribution in [0.3, 0.4) is 0 Å². The third kappa shape index (κ3) is 4.17. The molecule has 2 aromatic rings. The Hall–Kier alpha value is -2.83. The number of carbonyl (C=O) groups is 2. The first kappa shape index (κ1) is 18.5. The molecule has 0 saturated carbocycles. The van der Waals surface area contributed by atoms with Crippen LogP contribution in [0.5, 0.6) is 5.75 Å². The second kappa shape index (κ2) is 8.32. The molecule has 0 aliphatic heterocycles. The maximum absolute atomic E-state index is 12.8. The summed E-state index contributed by atoms with van der Waals surface area (Å²) in [6, 6.07) is 6.30. The molecule has 0 radical (unpaired) electrons. The summed E-state index contributed by atoms with van der Waals surface area (Å²) in [4.78, 5) is 24.9. The van der Waals surface area contributed by atoms with Crippen molar-refractivity contribution in [3.63, 3.8) is 0 Å². The number of nitrogen functional groups attached to an aromatic ring is 1. The van der Waals surface area contributed by atoms with Gasteiger partial charge in [-0.2, -0.15) is 5.10 Å². The van der Waals surface area contributed by atoms with E-state index in [9.17, 15) is 9.59 Å². The van der Waals surface area contributed by atoms with Gasteiger partial charge < -0.3 is 15.2 Å². The van der Waals surface area contributed by atoms with Crippen LogP contribution in [-0.2, 0) is 11.3 Å². The Bertz CT molecular complexity index is 768. The lowest BCUT2D eigenvalue weighted by atomic mass is 10.1. The fourth-order valence-electron chi connectivity index (χ4n) is 2.37. The van der Waals surface area contributed by atoms with Crippen LogP contribution in [0.15, 0.2) is 24.3 Å². The Morgan fingerprint density at radius 2 is 2.00 bits per heavy atom. The maximum atomic E-state index is 12.8. The molecule has 0 aliphatic carbocycles. The topological polar surface area (TPSA) is 96.4 Å². The number of ketones is 1. The molecule has 0 spiro atoms. The Morgan fingerprint density at radius 1 is 1.24 bits per heavy atom. The van der Waals surface area contributed by atoms with Crippen LogP contribution in [0.4, 0.5) is 5.69 Å². The number of methoxy groups -OCH3 is 1. The molecule has 7 heteroatoms. The van der Waals surface area contributed by atoms with Gasteiger partial charge in [0.1, 0.15) is 17.1 Å². The van der Waals surface area contributed by atoms with E-state index in [0.717, 1.165) is 12.8 Å². The van der Waals surface area contributed by atoms with Crippen molar-refractivity contribution in [3.8, 4) is 5.75 Å². The van der Waals surface area contributed by atoms with Gasteiger partial charge in [0.15, 0.2) is 0 Å². The van der Waals surface area contributed by atoms with Gasteiger partial charge in [-0.15, -0.1) is 0 Å². The number of aryl methyl sites for hydroxylation is 1. The molecule has 2 rings (SSSR count). The van der Waals surface area contributed by atoms with Gasteiger partial charge in [-0.3, -0.25) is 9.48 Å². The van der Waals surface area contributed by atoms with Crippen LogP contribution in [0, 0.1) is 0 Å². The highest BCUT2D eigenvalue weighted by atomic mass is 16.5. The van der Waals surface area contributed by atoms with Crippen molar-refractivity contribution >= 4 is 17.4 Å². The molecule has 25 heavy (non-hydrogen) atoms. The second-order valence-electron chi connectivity index (χ2n) is 5.49. The van der Waals surface area contributed by atoms with Crippen molar-refractivity contribution in [1.82, 2.24) is 9.78 Å². The number of nitrogens with two attached hydrogens (primary N) is 1. The summed E-state index contributed by atoms with van der Waals surface area (Å²) >= 11 is 0. The van der Waals surface area contributed by atoms with Crippen molar-refractivity contribution in [2.24, 2.45) is 0 Å². The van der Waals surface area contributed by atoms with Crippen molar-refractivity contribution in [2.45, 2.75) is 33.2 Å². The summed E-state index contributed by atoms with van der Waals surface area (Å²) in [6.45, 7) is 4.56. The number of ether oxygens (including phenoxy) is 2. The molecule has 134 valence electrons. The van der Waals surface area contributed by atoms with Gasteiger partial charge in [0.2, 0.25) is 5.78 Å².